The molecule has 0 aliphatic heterocycles. The molecule has 14 heteroatoms. The van der Waals surface area contributed by atoms with Crippen LogP contribution in [0.15, 0.2) is 127 Å². The standard InChI is InChI=1S/C28H21P.C4HF9O3S/c1-3-12-24(13-4-1)29(25-14-5-2-6-15-25)26-20-18-23(19-21-26)28-17-9-11-22-10-7-8-16-27(22)28;5-1(6,3(9,10)11)2(7,8)4(12,13)17(14,15)16/h1-21H;(H,14,15,16). The number of benzene rings is 5. The molecule has 5 aromatic rings. The highest BCUT2D eigenvalue weighted by Crippen LogP contribution is 2.54. The molecule has 3 nitrogen and oxygen atoms in total. The molecule has 0 fully saturated rings. The lowest BCUT2D eigenvalue weighted by molar-refractivity contribution is -0.382. The van der Waals surface area contributed by atoms with Crippen molar-refractivity contribution in [2.45, 2.75) is 23.3 Å². The van der Waals surface area contributed by atoms with E-state index in [0.29, 0.717) is 0 Å². The molecule has 0 radical (unpaired) electrons. The maximum Gasteiger partial charge on any atom is 0.460 e. The lowest BCUT2D eigenvalue weighted by Crippen LogP contribution is -2.63. The molecule has 0 aliphatic rings. The van der Waals surface area contributed by atoms with Crippen molar-refractivity contribution in [3.63, 3.8) is 0 Å². The van der Waals surface area contributed by atoms with Gasteiger partial charge in [-0.05, 0) is 58.3 Å². The molecular formula is C32H22F9O3PS. The van der Waals surface area contributed by atoms with Crippen molar-refractivity contribution in [2.24, 2.45) is 0 Å². The van der Waals surface area contributed by atoms with Gasteiger partial charge in [0.15, 0.2) is 10.1 Å². The SMILES string of the molecule is O=S(=O)([O-])C(F)(F)C(F)(F)C(F)(F)C(F)(F)F.c1ccc([PH+](c2ccccc2)c2ccc(-c3cccc4ccccc34)cc2)cc1. The fraction of sp³-hybridized carbons (Fsp3) is 0.125. The lowest BCUT2D eigenvalue weighted by atomic mass is 9.98. The molecule has 0 atom stereocenters. The van der Waals surface area contributed by atoms with Gasteiger partial charge < -0.3 is 4.55 Å². The van der Waals surface area contributed by atoms with Gasteiger partial charge in [-0.1, -0.05) is 91.0 Å². The van der Waals surface area contributed by atoms with Gasteiger partial charge in [-0.15, -0.1) is 0 Å². The molecule has 0 N–H and O–H groups in total. The summed E-state index contributed by atoms with van der Waals surface area (Å²) in [6.45, 7) is 0. The van der Waals surface area contributed by atoms with Crippen LogP contribution in [0.3, 0.4) is 0 Å². The van der Waals surface area contributed by atoms with E-state index in [-0.39, 0.29) is 0 Å². The molecule has 0 bridgehead atoms. The van der Waals surface area contributed by atoms with Crippen LogP contribution in [0.1, 0.15) is 0 Å². The average molecular weight is 689 g/mol. The van der Waals surface area contributed by atoms with Gasteiger partial charge in [0.1, 0.15) is 15.9 Å². The smallest absolute Gasteiger partial charge is 0.460 e. The third-order valence-electron chi connectivity index (χ3n) is 6.83. The molecule has 5 aromatic carbocycles. The van der Waals surface area contributed by atoms with E-state index in [0.717, 1.165) is 0 Å². The first-order valence-electron chi connectivity index (χ1n) is 13.1. The first kappa shape index (κ1) is 34.9. The molecule has 0 heterocycles. The van der Waals surface area contributed by atoms with Crippen LogP contribution in [0.5, 0.6) is 0 Å². The van der Waals surface area contributed by atoms with Crippen molar-refractivity contribution in [3.8, 4) is 11.1 Å². The van der Waals surface area contributed by atoms with Crippen LogP contribution in [0, 0.1) is 0 Å². The minimum absolute atomic E-state index is 1.02. The zero-order valence-corrected chi connectivity index (χ0v) is 25.0. The molecule has 0 saturated carbocycles. The molecular weight excluding hydrogens is 666 g/mol. The Hall–Kier alpha value is -3.93. The Kier molecular flexibility index (Phi) is 9.91. The van der Waals surface area contributed by atoms with Crippen molar-refractivity contribution in [1.29, 1.82) is 0 Å². The quantitative estimate of drug-likeness (QED) is 0.0992. The summed E-state index contributed by atoms with van der Waals surface area (Å²) in [5.74, 6) is -14.8. The van der Waals surface area contributed by atoms with Crippen LogP contribution >= 0.6 is 7.92 Å². The molecule has 0 aromatic heterocycles. The number of rotatable bonds is 7. The first-order valence-corrected chi connectivity index (χ1v) is 16.0. The first-order chi connectivity index (χ1) is 21.4. The second-order valence-electron chi connectivity index (χ2n) is 9.83. The zero-order chi connectivity index (χ0) is 34.0. The summed E-state index contributed by atoms with van der Waals surface area (Å²) in [5, 5.41) is -0.273. The summed E-state index contributed by atoms with van der Waals surface area (Å²) < 4.78 is 135. The van der Waals surface area contributed by atoms with Crippen molar-refractivity contribution < 1.29 is 52.5 Å². The Balaban J connectivity index is 0.000000244. The van der Waals surface area contributed by atoms with Gasteiger partial charge in [0, 0.05) is 0 Å². The normalized spacial score (nSPS) is 12.9. The van der Waals surface area contributed by atoms with Gasteiger partial charge in [-0.25, -0.2) is 8.42 Å². The maximum atomic E-state index is 12.2. The second kappa shape index (κ2) is 13.1. The Bertz CT molecular complexity index is 1840. The van der Waals surface area contributed by atoms with Crippen LogP contribution in [0.25, 0.3) is 21.9 Å². The fourth-order valence-electron chi connectivity index (χ4n) is 4.52. The predicted octanol–water partition coefficient (Wildman–Crippen LogP) is 7.95. The lowest BCUT2D eigenvalue weighted by Gasteiger charge is -2.34. The van der Waals surface area contributed by atoms with Gasteiger partial charge >= 0.3 is 23.3 Å². The van der Waals surface area contributed by atoms with E-state index in [1.807, 2.05) is 0 Å². The van der Waals surface area contributed by atoms with Gasteiger partial charge in [0.2, 0.25) is 0 Å². The largest absolute Gasteiger partial charge is 0.743 e. The Morgan fingerprint density at radius 1 is 0.500 bits per heavy atom. The molecule has 0 amide bonds. The number of fused-ring (bicyclic) bond motifs is 1. The summed E-state index contributed by atoms with van der Waals surface area (Å²) in [7, 11) is -8.43. The van der Waals surface area contributed by atoms with E-state index < -0.39 is 41.3 Å². The molecule has 242 valence electrons. The highest BCUT2D eigenvalue weighted by atomic mass is 32.2. The summed E-state index contributed by atoms with van der Waals surface area (Å²) in [4.78, 5) is 0. The van der Waals surface area contributed by atoms with Crippen LogP contribution in [-0.2, 0) is 10.1 Å². The third kappa shape index (κ3) is 6.77. The van der Waals surface area contributed by atoms with Crippen molar-refractivity contribution in [1.82, 2.24) is 0 Å². The van der Waals surface area contributed by atoms with Crippen molar-refractivity contribution in [2.75, 3.05) is 0 Å². The van der Waals surface area contributed by atoms with Crippen LogP contribution in [0.2, 0.25) is 0 Å². The summed E-state index contributed by atoms with van der Waals surface area (Å²) >= 11 is 0. The van der Waals surface area contributed by atoms with Crippen LogP contribution in [0.4, 0.5) is 39.5 Å². The summed E-state index contributed by atoms with van der Waals surface area (Å²) in [6.07, 6.45) is -7.16. The minimum atomic E-state index is -7.43. The minimum Gasteiger partial charge on any atom is -0.743 e. The fourth-order valence-corrected chi connectivity index (χ4v) is 7.51. The van der Waals surface area contributed by atoms with Gasteiger partial charge in [0.25, 0.3) is 0 Å². The van der Waals surface area contributed by atoms with E-state index in [1.54, 1.807) is 0 Å². The van der Waals surface area contributed by atoms with E-state index in [2.05, 4.69) is 127 Å². The van der Waals surface area contributed by atoms with E-state index in [4.69, 9.17) is 0 Å². The molecule has 5 rings (SSSR count). The second-order valence-corrected chi connectivity index (χ2v) is 13.7. The molecule has 0 spiro atoms. The monoisotopic (exact) mass is 688 g/mol. The molecule has 0 aliphatic carbocycles. The molecule has 0 unspecified atom stereocenters. The third-order valence-corrected chi connectivity index (χ3v) is 10.4. The zero-order valence-electron chi connectivity index (χ0n) is 23.2. The topological polar surface area (TPSA) is 57.2 Å². The Labute approximate surface area is 258 Å². The number of hydrogen-bond acceptors (Lipinski definition) is 3. The predicted molar refractivity (Wildman–Crippen MR) is 160 cm³/mol. The summed E-state index contributed by atoms with van der Waals surface area (Å²) in [5.41, 5.74) is 2.57. The average Bonchev–Trinajstić information content (AvgIpc) is 3.01. The number of alkyl halides is 9. The Morgan fingerprint density at radius 2 is 0.935 bits per heavy atom. The van der Waals surface area contributed by atoms with Gasteiger partial charge in [-0.2, -0.15) is 39.5 Å². The highest BCUT2D eigenvalue weighted by Gasteiger charge is 2.83. The van der Waals surface area contributed by atoms with E-state index in [9.17, 15) is 52.5 Å². The highest BCUT2D eigenvalue weighted by molar-refractivity contribution is 7.86. The van der Waals surface area contributed by atoms with E-state index in [1.165, 1.54) is 37.8 Å². The van der Waals surface area contributed by atoms with E-state index >= 15 is 0 Å². The van der Waals surface area contributed by atoms with Crippen molar-refractivity contribution in [3.05, 3.63) is 127 Å². The van der Waals surface area contributed by atoms with Gasteiger partial charge in [0.05, 0.1) is 7.92 Å². The number of hydrogen-bond donors (Lipinski definition) is 0. The van der Waals surface area contributed by atoms with Crippen molar-refractivity contribution >= 4 is 44.7 Å². The summed E-state index contributed by atoms with van der Waals surface area (Å²) in [6, 6.07) is 46.2. The molecule has 0 saturated heterocycles. The number of halogens is 9. The van der Waals surface area contributed by atoms with Crippen LogP contribution < -0.4 is 15.9 Å². The van der Waals surface area contributed by atoms with Crippen LogP contribution in [-0.4, -0.2) is 36.2 Å². The molecule has 46 heavy (non-hydrogen) atoms. The van der Waals surface area contributed by atoms with Gasteiger partial charge in [-0.3, -0.25) is 0 Å². The Morgan fingerprint density at radius 3 is 1.41 bits per heavy atom. The maximum absolute atomic E-state index is 12.2.